The molecule has 0 saturated carbocycles. The number of urea groups is 1. The Bertz CT molecular complexity index is 474. The number of amides is 2. The Balaban J connectivity index is 2.90. The molecule has 0 fully saturated rings. The highest BCUT2D eigenvalue weighted by molar-refractivity contribution is 5.96. The number of aliphatic carboxylic acids is 1. The molecule has 5 nitrogen and oxygen atoms in total. The van der Waals surface area contributed by atoms with Gasteiger partial charge in [0, 0.05) is 5.69 Å². The van der Waals surface area contributed by atoms with Crippen LogP contribution in [0, 0.1) is 19.3 Å². The Kier molecular flexibility index (Phi) is 4.76. The van der Waals surface area contributed by atoms with Crippen molar-refractivity contribution in [2.45, 2.75) is 6.92 Å². The molecule has 18 heavy (non-hydrogen) atoms. The maximum atomic E-state index is 11.8. The largest absolute Gasteiger partial charge is 0.480 e. The molecule has 0 heterocycles. The van der Waals surface area contributed by atoms with Gasteiger partial charge in [0.15, 0.2) is 0 Å². The Hall–Kier alpha value is -2.48. The standard InChI is InChI=1S/C13H14N2O3/c1-3-8-14-13(18)15(9-12(16)17)11-6-4-10(2)5-7-11/h1,4-7H,8-9H2,2H3,(H,14,18)(H,16,17). The van der Waals surface area contributed by atoms with E-state index in [-0.39, 0.29) is 6.54 Å². The number of terminal acetylenes is 1. The number of hydrogen-bond donors (Lipinski definition) is 2. The van der Waals surface area contributed by atoms with Crippen LogP contribution in [0.3, 0.4) is 0 Å². The highest BCUT2D eigenvalue weighted by Gasteiger charge is 2.17. The number of rotatable bonds is 4. The Morgan fingerprint density at radius 1 is 1.39 bits per heavy atom. The number of anilines is 1. The second-order valence-corrected chi connectivity index (χ2v) is 3.68. The number of aryl methyl sites for hydroxylation is 1. The van der Waals surface area contributed by atoms with E-state index in [9.17, 15) is 9.59 Å². The van der Waals surface area contributed by atoms with Gasteiger partial charge in [-0.1, -0.05) is 23.6 Å². The van der Waals surface area contributed by atoms with Gasteiger partial charge in [-0.3, -0.25) is 9.69 Å². The van der Waals surface area contributed by atoms with E-state index in [2.05, 4.69) is 11.2 Å². The second-order valence-electron chi connectivity index (χ2n) is 3.68. The summed E-state index contributed by atoms with van der Waals surface area (Å²) in [4.78, 5) is 23.7. The number of benzene rings is 1. The van der Waals surface area contributed by atoms with Crippen LogP contribution < -0.4 is 10.2 Å². The predicted octanol–water partition coefficient (Wildman–Crippen LogP) is 1.23. The molecule has 0 saturated heterocycles. The smallest absolute Gasteiger partial charge is 0.323 e. The van der Waals surface area contributed by atoms with Crippen molar-refractivity contribution < 1.29 is 14.7 Å². The SMILES string of the molecule is C#CCNC(=O)N(CC(=O)O)c1ccc(C)cc1. The number of nitrogens with zero attached hydrogens (tertiary/aromatic N) is 1. The lowest BCUT2D eigenvalue weighted by Gasteiger charge is -2.20. The predicted molar refractivity (Wildman–Crippen MR) is 68.4 cm³/mol. The van der Waals surface area contributed by atoms with Gasteiger partial charge in [-0.25, -0.2) is 4.79 Å². The fraction of sp³-hybridized carbons (Fsp3) is 0.231. The van der Waals surface area contributed by atoms with Gasteiger partial charge in [0.25, 0.3) is 0 Å². The summed E-state index contributed by atoms with van der Waals surface area (Å²) in [5.74, 6) is 1.17. The highest BCUT2D eigenvalue weighted by Crippen LogP contribution is 2.14. The van der Waals surface area contributed by atoms with Gasteiger partial charge in [0.1, 0.15) is 6.54 Å². The van der Waals surface area contributed by atoms with E-state index < -0.39 is 18.5 Å². The summed E-state index contributed by atoms with van der Waals surface area (Å²) in [6.45, 7) is 1.55. The molecule has 2 N–H and O–H groups in total. The summed E-state index contributed by atoms with van der Waals surface area (Å²) >= 11 is 0. The zero-order valence-corrected chi connectivity index (χ0v) is 10.0. The van der Waals surface area contributed by atoms with Gasteiger partial charge in [0.05, 0.1) is 6.54 Å². The van der Waals surface area contributed by atoms with Gasteiger partial charge < -0.3 is 10.4 Å². The number of carboxylic acid groups (broad SMARTS) is 1. The van der Waals surface area contributed by atoms with Crippen molar-refractivity contribution in [1.29, 1.82) is 0 Å². The van der Waals surface area contributed by atoms with E-state index in [0.29, 0.717) is 5.69 Å². The van der Waals surface area contributed by atoms with Gasteiger partial charge in [-0.2, -0.15) is 0 Å². The van der Waals surface area contributed by atoms with Crippen LogP contribution in [0.15, 0.2) is 24.3 Å². The van der Waals surface area contributed by atoms with Crippen LogP contribution in [0.25, 0.3) is 0 Å². The molecule has 0 aliphatic carbocycles. The van der Waals surface area contributed by atoms with E-state index >= 15 is 0 Å². The summed E-state index contributed by atoms with van der Waals surface area (Å²) in [6.07, 6.45) is 5.04. The van der Waals surface area contributed by atoms with Gasteiger partial charge in [-0.15, -0.1) is 6.42 Å². The van der Waals surface area contributed by atoms with Crippen LogP contribution in [0.1, 0.15) is 5.56 Å². The summed E-state index contributed by atoms with van der Waals surface area (Å²) < 4.78 is 0. The third-order valence-electron chi connectivity index (χ3n) is 2.23. The summed E-state index contributed by atoms with van der Waals surface area (Å²) in [5, 5.41) is 11.3. The van der Waals surface area contributed by atoms with Crippen LogP contribution in [0.5, 0.6) is 0 Å². The van der Waals surface area contributed by atoms with Gasteiger partial charge in [-0.05, 0) is 19.1 Å². The van der Waals surface area contributed by atoms with Crippen molar-refractivity contribution in [2.75, 3.05) is 18.0 Å². The minimum atomic E-state index is -1.09. The molecule has 0 unspecified atom stereocenters. The van der Waals surface area contributed by atoms with Crippen LogP contribution in [0.2, 0.25) is 0 Å². The first kappa shape index (κ1) is 13.6. The molecule has 0 aromatic heterocycles. The fourth-order valence-corrected chi connectivity index (χ4v) is 1.36. The molecule has 1 rings (SSSR count). The normalized spacial score (nSPS) is 9.33. The Labute approximate surface area is 105 Å². The van der Waals surface area contributed by atoms with E-state index in [4.69, 9.17) is 11.5 Å². The van der Waals surface area contributed by atoms with Crippen LogP contribution in [-0.4, -0.2) is 30.2 Å². The zero-order valence-electron chi connectivity index (χ0n) is 10.0. The molecular formula is C13H14N2O3. The number of carbonyl (C=O) groups is 2. The van der Waals surface area contributed by atoms with Crippen molar-refractivity contribution >= 4 is 17.7 Å². The van der Waals surface area contributed by atoms with Crippen molar-refractivity contribution in [3.63, 3.8) is 0 Å². The minimum absolute atomic E-state index is 0.0564. The molecule has 0 bridgehead atoms. The first-order valence-corrected chi connectivity index (χ1v) is 5.32. The quantitative estimate of drug-likeness (QED) is 0.785. The molecule has 0 aliphatic heterocycles. The molecule has 0 radical (unpaired) electrons. The molecule has 5 heteroatoms. The van der Waals surface area contributed by atoms with Crippen molar-refractivity contribution in [1.82, 2.24) is 5.32 Å². The molecule has 0 atom stereocenters. The third kappa shape index (κ3) is 3.83. The third-order valence-corrected chi connectivity index (χ3v) is 2.23. The molecular weight excluding hydrogens is 232 g/mol. The van der Waals surface area contributed by atoms with Crippen LogP contribution in [0.4, 0.5) is 10.5 Å². The van der Waals surface area contributed by atoms with Gasteiger partial charge >= 0.3 is 12.0 Å². The lowest BCUT2D eigenvalue weighted by Crippen LogP contribution is -2.43. The lowest BCUT2D eigenvalue weighted by atomic mass is 10.2. The maximum Gasteiger partial charge on any atom is 0.323 e. The van der Waals surface area contributed by atoms with E-state index in [0.717, 1.165) is 10.5 Å². The Morgan fingerprint density at radius 2 is 2.00 bits per heavy atom. The van der Waals surface area contributed by atoms with E-state index in [1.807, 2.05) is 6.92 Å². The monoisotopic (exact) mass is 246 g/mol. The summed E-state index contributed by atoms with van der Waals surface area (Å²) in [7, 11) is 0. The number of carboxylic acids is 1. The number of nitrogens with one attached hydrogen (secondary N) is 1. The van der Waals surface area contributed by atoms with E-state index in [1.165, 1.54) is 0 Å². The summed E-state index contributed by atoms with van der Waals surface area (Å²) in [5.41, 5.74) is 1.54. The van der Waals surface area contributed by atoms with Crippen LogP contribution >= 0.6 is 0 Å². The van der Waals surface area contributed by atoms with Gasteiger partial charge in [0.2, 0.25) is 0 Å². The summed E-state index contributed by atoms with van der Waals surface area (Å²) in [6, 6.07) is 6.46. The highest BCUT2D eigenvalue weighted by atomic mass is 16.4. The zero-order chi connectivity index (χ0) is 13.5. The molecule has 94 valence electrons. The lowest BCUT2D eigenvalue weighted by molar-refractivity contribution is -0.135. The average molecular weight is 246 g/mol. The molecule has 1 aromatic rings. The average Bonchev–Trinajstić information content (AvgIpc) is 2.34. The van der Waals surface area contributed by atoms with Crippen molar-refractivity contribution in [3.05, 3.63) is 29.8 Å². The fourth-order valence-electron chi connectivity index (χ4n) is 1.36. The molecule has 0 aliphatic rings. The molecule has 2 amide bonds. The second kappa shape index (κ2) is 6.30. The van der Waals surface area contributed by atoms with Crippen LogP contribution in [-0.2, 0) is 4.79 Å². The van der Waals surface area contributed by atoms with E-state index in [1.54, 1.807) is 24.3 Å². The number of hydrogen-bond acceptors (Lipinski definition) is 2. The topological polar surface area (TPSA) is 69.6 Å². The minimum Gasteiger partial charge on any atom is -0.480 e. The molecule has 1 aromatic carbocycles. The first-order chi connectivity index (χ1) is 8.54. The maximum absolute atomic E-state index is 11.8. The first-order valence-electron chi connectivity index (χ1n) is 5.32. The van der Waals surface area contributed by atoms with Crippen molar-refractivity contribution in [2.24, 2.45) is 0 Å². The van der Waals surface area contributed by atoms with Crippen molar-refractivity contribution in [3.8, 4) is 12.3 Å². The Morgan fingerprint density at radius 3 is 2.50 bits per heavy atom. The molecule has 0 spiro atoms. The number of carbonyl (C=O) groups excluding carboxylic acids is 1.